The van der Waals surface area contributed by atoms with E-state index in [1.54, 1.807) is 12.4 Å². The smallest absolute Gasteiger partial charge is 0.133 e. The van der Waals surface area contributed by atoms with Gasteiger partial charge in [0.05, 0.1) is 11.9 Å². The lowest BCUT2D eigenvalue weighted by Gasteiger charge is -2.03. The number of hydrogen-bond acceptors (Lipinski definition) is 4. The normalized spacial score (nSPS) is 10.6. The zero-order chi connectivity index (χ0) is 10.7. The van der Waals surface area contributed by atoms with Crippen molar-refractivity contribution >= 4 is 11.5 Å². The molecule has 5 nitrogen and oxygen atoms in total. The van der Waals surface area contributed by atoms with Crippen LogP contribution in [0, 0.1) is 0 Å². The fraction of sp³-hybridized carbons (Fsp3) is 0.300. The minimum atomic E-state index is 0.367. The van der Waals surface area contributed by atoms with Crippen molar-refractivity contribution in [3.63, 3.8) is 0 Å². The average molecular weight is 203 g/mol. The highest BCUT2D eigenvalue weighted by atomic mass is 15.3. The highest BCUT2D eigenvalue weighted by molar-refractivity contribution is 5.52. The molecule has 0 saturated heterocycles. The summed E-state index contributed by atoms with van der Waals surface area (Å²) >= 11 is 0. The zero-order valence-electron chi connectivity index (χ0n) is 8.75. The Balaban J connectivity index is 2.12. The second-order valence-electron chi connectivity index (χ2n) is 3.52. The Morgan fingerprint density at radius 1 is 1.40 bits per heavy atom. The Morgan fingerprint density at radius 2 is 2.27 bits per heavy atom. The molecule has 15 heavy (non-hydrogen) atoms. The first-order chi connectivity index (χ1) is 7.25. The van der Waals surface area contributed by atoms with Crippen LogP contribution in [0.4, 0.5) is 11.5 Å². The van der Waals surface area contributed by atoms with Crippen LogP contribution in [-0.4, -0.2) is 19.7 Å². The Hall–Kier alpha value is -1.91. The van der Waals surface area contributed by atoms with E-state index in [4.69, 9.17) is 0 Å². The zero-order valence-corrected chi connectivity index (χ0v) is 8.75. The maximum absolute atomic E-state index is 4.22. The topological polar surface area (TPSA) is 55.6 Å². The van der Waals surface area contributed by atoms with E-state index in [9.17, 15) is 0 Å². The van der Waals surface area contributed by atoms with Crippen LogP contribution in [-0.2, 0) is 0 Å². The summed E-state index contributed by atoms with van der Waals surface area (Å²) < 4.78 is 1.89. The molecule has 0 saturated carbocycles. The van der Waals surface area contributed by atoms with E-state index in [0.29, 0.717) is 6.04 Å². The lowest BCUT2D eigenvalue weighted by molar-refractivity contribution is 0.532. The summed E-state index contributed by atoms with van der Waals surface area (Å²) in [5.74, 6) is 0.772. The summed E-state index contributed by atoms with van der Waals surface area (Å²) in [5.41, 5.74) is 0.933. The molecule has 0 unspecified atom stereocenters. The molecule has 0 amide bonds. The third kappa shape index (κ3) is 2.31. The van der Waals surface area contributed by atoms with Crippen molar-refractivity contribution < 1.29 is 0 Å². The minimum absolute atomic E-state index is 0.367. The van der Waals surface area contributed by atoms with Crippen LogP contribution in [0.25, 0.3) is 0 Å². The molecule has 0 spiro atoms. The summed E-state index contributed by atoms with van der Waals surface area (Å²) in [6, 6.07) is 2.18. The van der Waals surface area contributed by atoms with Crippen molar-refractivity contribution in [3.05, 3.63) is 31.0 Å². The van der Waals surface area contributed by atoms with E-state index >= 15 is 0 Å². The molecule has 0 aliphatic heterocycles. The van der Waals surface area contributed by atoms with E-state index in [1.165, 1.54) is 6.33 Å². The highest BCUT2D eigenvalue weighted by Gasteiger charge is 2.01. The number of nitrogens with one attached hydrogen (secondary N) is 1. The molecule has 0 bridgehead atoms. The molecule has 0 atom stereocenters. The van der Waals surface area contributed by atoms with Crippen molar-refractivity contribution in [2.45, 2.75) is 19.9 Å². The van der Waals surface area contributed by atoms with Gasteiger partial charge in [-0.25, -0.2) is 9.97 Å². The number of nitrogens with zero attached hydrogens (tertiary/aromatic N) is 4. The number of hydrogen-bond donors (Lipinski definition) is 1. The van der Waals surface area contributed by atoms with E-state index in [1.807, 2.05) is 16.9 Å². The van der Waals surface area contributed by atoms with Gasteiger partial charge in [0.1, 0.15) is 12.1 Å². The standard InChI is InChI=1S/C10H13N5/c1-8(2)15-6-9(5-13-15)14-10-3-4-11-7-12-10/h3-8H,1-2H3,(H,11,12,14). The van der Waals surface area contributed by atoms with Crippen molar-refractivity contribution in [3.8, 4) is 0 Å². The van der Waals surface area contributed by atoms with Crippen molar-refractivity contribution in [2.24, 2.45) is 0 Å². The molecule has 0 radical (unpaired) electrons. The molecular formula is C10H13N5. The van der Waals surface area contributed by atoms with Crippen LogP contribution in [0.3, 0.4) is 0 Å². The largest absolute Gasteiger partial charge is 0.338 e. The molecule has 0 aliphatic carbocycles. The van der Waals surface area contributed by atoms with Gasteiger partial charge in [-0.3, -0.25) is 4.68 Å². The summed E-state index contributed by atoms with van der Waals surface area (Å²) in [5, 5.41) is 7.37. The summed E-state index contributed by atoms with van der Waals surface area (Å²) in [4.78, 5) is 7.92. The third-order valence-corrected chi connectivity index (χ3v) is 1.98. The van der Waals surface area contributed by atoms with E-state index in [-0.39, 0.29) is 0 Å². The maximum atomic E-state index is 4.22. The lowest BCUT2D eigenvalue weighted by Crippen LogP contribution is -2.00. The first kappa shape index (κ1) is 9.64. The maximum Gasteiger partial charge on any atom is 0.133 e. The molecule has 2 rings (SSSR count). The quantitative estimate of drug-likeness (QED) is 0.828. The van der Waals surface area contributed by atoms with Crippen LogP contribution < -0.4 is 5.32 Å². The summed E-state index contributed by atoms with van der Waals surface area (Å²) in [6.07, 6.45) is 6.94. The lowest BCUT2D eigenvalue weighted by atomic mass is 10.4. The monoisotopic (exact) mass is 203 g/mol. The van der Waals surface area contributed by atoms with Gasteiger partial charge in [0, 0.05) is 18.4 Å². The Labute approximate surface area is 88.2 Å². The predicted octanol–water partition coefficient (Wildman–Crippen LogP) is 2.00. The second-order valence-corrected chi connectivity index (χ2v) is 3.52. The fourth-order valence-electron chi connectivity index (χ4n) is 1.20. The van der Waals surface area contributed by atoms with Gasteiger partial charge in [-0.2, -0.15) is 5.10 Å². The number of rotatable bonds is 3. The molecule has 0 aromatic carbocycles. The van der Waals surface area contributed by atoms with Crippen LogP contribution in [0.15, 0.2) is 31.0 Å². The molecule has 0 fully saturated rings. The van der Waals surface area contributed by atoms with Crippen LogP contribution >= 0.6 is 0 Å². The Bertz CT molecular complexity index is 420. The minimum Gasteiger partial charge on any atom is -0.338 e. The van der Waals surface area contributed by atoms with E-state index < -0.39 is 0 Å². The second kappa shape index (κ2) is 4.08. The fourth-order valence-corrected chi connectivity index (χ4v) is 1.20. The van der Waals surface area contributed by atoms with Crippen LogP contribution in [0.1, 0.15) is 19.9 Å². The van der Waals surface area contributed by atoms with Gasteiger partial charge in [-0.15, -0.1) is 0 Å². The van der Waals surface area contributed by atoms with Gasteiger partial charge in [0.2, 0.25) is 0 Å². The molecule has 0 aliphatic rings. The average Bonchev–Trinajstić information content (AvgIpc) is 2.68. The predicted molar refractivity (Wildman–Crippen MR) is 57.9 cm³/mol. The van der Waals surface area contributed by atoms with Crippen LogP contribution in [0.2, 0.25) is 0 Å². The molecule has 2 heterocycles. The first-order valence-corrected chi connectivity index (χ1v) is 4.83. The van der Waals surface area contributed by atoms with Crippen LogP contribution in [0.5, 0.6) is 0 Å². The van der Waals surface area contributed by atoms with Gasteiger partial charge in [-0.1, -0.05) is 0 Å². The Kier molecular flexibility index (Phi) is 2.62. The molecule has 1 N–H and O–H groups in total. The molecular weight excluding hydrogens is 190 g/mol. The van der Waals surface area contributed by atoms with Gasteiger partial charge in [0.15, 0.2) is 0 Å². The molecule has 78 valence electrons. The molecule has 2 aromatic rings. The SMILES string of the molecule is CC(C)n1cc(Nc2ccncn2)cn1. The van der Waals surface area contributed by atoms with Gasteiger partial charge in [0.25, 0.3) is 0 Å². The summed E-state index contributed by atoms with van der Waals surface area (Å²) in [6.45, 7) is 4.17. The number of anilines is 2. The molecule has 5 heteroatoms. The van der Waals surface area contributed by atoms with Crippen molar-refractivity contribution in [1.82, 2.24) is 19.7 Å². The van der Waals surface area contributed by atoms with Gasteiger partial charge in [-0.05, 0) is 19.9 Å². The van der Waals surface area contributed by atoms with Crippen molar-refractivity contribution in [2.75, 3.05) is 5.32 Å². The number of aromatic nitrogens is 4. The molecule has 2 aromatic heterocycles. The first-order valence-electron chi connectivity index (χ1n) is 4.83. The van der Waals surface area contributed by atoms with Gasteiger partial charge < -0.3 is 5.32 Å². The highest BCUT2D eigenvalue weighted by Crippen LogP contribution is 2.14. The third-order valence-electron chi connectivity index (χ3n) is 1.98. The van der Waals surface area contributed by atoms with E-state index in [0.717, 1.165) is 11.5 Å². The summed E-state index contributed by atoms with van der Waals surface area (Å²) in [7, 11) is 0. The van der Waals surface area contributed by atoms with Gasteiger partial charge >= 0.3 is 0 Å². The van der Waals surface area contributed by atoms with Crippen molar-refractivity contribution in [1.29, 1.82) is 0 Å². The van der Waals surface area contributed by atoms with E-state index in [2.05, 4.69) is 34.2 Å². The Morgan fingerprint density at radius 3 is 2.87 bits per heavy atom.